The third-order valence-electron chi connectivity index (χ3n) is 5.42. The van der Waals surface area contributed by atoms with Crippen molar-refractivity contribution < 1.29 is 9.18 Å². The Morgan fingerprint density at radius 1 is 1.16 bits per heavy atom. The summed E-state index contributed by atoms with van der Waals surface area (Å²) in [6.07, 6.45) is 1.88. The van der Waals surface area contributed by atoms with Gasteiger partial charge in [-0.05, 0) is 42.1 Å². The van der Waals surface area contributed by atoms with Gasteiger partial charge in [0, 0.05) is 38.4 Å². The molecular weight excluding hydrogens is 435 g/mol. The first-order chi connectivity index (χ1) is 15.1. The summed E-state index contributed by atoms with van der Waals surface area (Å²) in [4.78, 5) is 34.3. The zero-order valence-electron chi connectivity index (χ0n) is 17.4. The van der Waals surface area contributed by atoms with Gasteiger partial charge < -0.3 is 9.80 Å². The fraction of sp³-hybridized carbons (Fsp3) is 0.409. The van der Waals surface area contributed by atoms with Gasteiger partial charge >= 0.3 is 0 Å². The van der Waals surface area contributed by atoms with Crippen molar-refractivity contribution in [2.24, 2.45) is 0 Å². The lowest BCUT2D eigenvalue weighted by atomic mass is 10.2. The summed E-state index contributed by atoms with van der Waals surface area (Å²) in [5.74, 6) is 0.0526. The Morgan fingerprint density at radius 2 is 1.90 bits per heavy atom. The van der Waals surface area contributed by atoms with E-state index in [0.717, 1.165) is 18.5 Å². The highest BCUT2D eigenvalue weighted by Gasteiger charge is 2.22. The number of carbonyl (C=O) groups excluding carboxylic acids is 1. The molecule has 1 fully saturated rings. The summed E-state index contributed by atoms with van der Waals surface area (Å²) in [7, 11) is 0. The van der Waals surface area contributed by atoms with E-state index in [2.05, 4.69) is 16.8 Å². The maximum Gasteiger partial charge on any atom is 0.272 e. The molecular formula is C22H25FN4O2S2. The van der Waals surface area contributed by atoms with Crippen LogP contribution in [0.5, 0.6) is 0 Å². The topological polar surface area (TPSA) is 58.4 Å². The summed E-state index contributed by atoms with van der Waals surface area (Å²) in [5, 5.41) is 2.49. The molecule has 0 bridgehead atoms. The lowest BCUT2D eigenvalue weighted by molar-refractivity contribution is -0.128. The molecule has 1 aliphatic rings. The van der Waals surface area contributed by atoms with Gasteiger partial charge in [0.2, 0.25) is 5.91 Å². The van der Waals surface area contributed by atoms with Crippen molar-refractivity contribution in [3.8, 4) is 0 Å². The Bertz CT molecular complexity index is 1100. The molecule has 0 atom stereocenters. The molecule has 0 spiro atoms. The average Bonchev–Trinajstić information content (AvgIpc) is 3.26. The average molecular weight is 461 g/mol. The lowest BCUT2D eigenvalue weighted by Gasteiger charge is -2.36. The summed E-state index contributed by atoms with van der Waals surface area (Å²) in [6.45, 7) is 5.37. The van der Waals surface area contributed by atoms with E-state index in [-0.39, 0.29) is 23.0 Å². The van der Waals surface area contributed by atoms with Crippen molar-refractivity contribution in [1.29, 1.82) is 0 Å². The fourth-order valence-corrected chi connectivity index (χ4v) is 5.34. The Hall–Kier alpha value is -2.39. The van der Waals surface area contributed by atoms with Crippen molar-refractivity contribution in [3.63, 3.8) is 0 Å². The van der Waals surface area contributed by atoms with E-state index in [0.29, 0.717) is 48.1 Å². The Balaban J connectivity index is 1.39. The van der Waals surface area contributed by atoms with Gasteiger partial charge in [0.15, 0.2) is 5.16 Å². The molecule has 1 amide bonds. The van der Waals surface area contributed by atoms with Gasteiger partial charge in [-0.2, -0.15) is 0 Å². The fourth-order valence-electron chi connectivity index (χ4n) is 3.63. The van der Waals surface area contributed by atoms with E-state index in [4.69, 9.17) is 0 Å². The van der Waals surface area contributed by atoms with Crippen molar-refractivity contribution in [1.82, 2.24) is 14.5 Å². The van der Waals surface area contributed by atoms with Crippen molar-refractivity contribution in [2.45, 2.75) is 31.5 Å². The third-order valence-corrected chi connectivity index (χ3v) is 7.27. The van der Waals surface area contributed by atoms with Gasteiger partial charge in [0.1, 0.15) is 10.5 Å². The number of thiophene rings is 1. The molecule has 4 rings (SSSR count). The predicted octanol–water partition coefficient (Wildman–Crippen LogP) is 3.84. The molecule has 0 radical (unpaired) electrons. The van der Waals surface area contributed by atoms with Crippen molar-refractivity contribution in [3.05, 3.63) is 51.9 Å². The number of carbonyl (C=O) groups is 1. The predicted molar refractivity (Wildman–Crippen MR) is 125 cm³/mol. The van der Waals surface area contributed by atoms with Crippen LogP contribution in [0, 0.1) is 5.82 Å². The van der Waals surface area contributed by atoms with Crippen molar-refractivity contribution >= 4 is 44.9 Å². The molecule has 6 nitrogen and oxygen atoms in total. The van der Waals surface area contributed by atoms with E-state index in [9.17, 15) is 14.0 Å². The number of amides is 1. The molecule has 0 unspecified atom stereocenters. The van der Waals surface area contributed by atoms with Crippen LogP contribution in [0.15, 0.2) is 45.7 Å². The highest BCUT2D eigenvalue weighted by molar-refractivity contribution is 7.99. The molecule has 1 aliphatic heterocycles. The zero-order chi connectivity index (χ0) is 21.8. The maximum atomic E-state index is 13.1. The van der Waals surface area contributed by atoms with Gasteiger partial charge in [-0.15, -0.1) is 11.3 Å². The molecule has 31 heavy (non-hydrogen) atoms. The van der Waals surface area contributed by atoms with E-state index >= 15 is 0 Å². The van der Waals surface area contributed by atoms with E-state index in [1.165, 1.54) is 35.2 Å². The monoisotopic (exact) mass is 460 g/mol. The second-order valence-corrected chi connectivity index (χ2v) is 9.33. The largest absolute Gasteiger partial charge is 0.368 e. The third kappa shape index (κ3) is 4.93. The van der Waals surface area contributed by atoms with Gasteiger partial charge in [0.25, 0.3) is 5.56 Å². The minimum absolute atomic E-state index is 0.0173. The van der Waals surface area contributed by atoms with Gasteiger partial charge in [-0.1, -0.05) is 25.1 Å². The molecule has 0 aliphatic carbocycles. The first kappa shape index (κ1) is 21.8. The number of anilines is 1. The number of piperazine rings is 1. The normalized spacial score (nSPS) is 14.4. The molecule has 1 aromatic carbocycles. The number of nitrogens with zero attached hydrogens (tertiary/aromatic N) is 4. The summed E-state index contributed by atoms with van der Waals surface area (Å²) >= 11 is 2.75. The van der Waals surface area contributed by atoms with E-state index in [1.54, 1.807) is 16.7 Å². The number of hydrogen-bond acceptors (Lipinski definition) is 6. The summed E-state index contributed by atoms with van der Waals surface area (Å²) < 4.78 is 15.5. The number of hydrogen-bond donors (Lipinski definition) is 0. The Morgan fingerprint density at radius 3 is 2.61 bits per heavy atom. The van der Waals surface area contributed by atoms with Gasteiger partial charge in [-0.3, -0.25) is 14.2 Å². The van der Waals surface area contributed by atoms with E-state index < -0.39 is 0 Å². The number of benzene rings is 1. The van der Waals surface area contributed by atoms with Crippen LogP contribution in [0.4, 0.5) is 10.1 Å². The number of aromatic nitrogens is 2. The van der Waals surface area contributed by atoms with Gasteiger partial charge in [-0.25, -0.2) is 9.37 Å². The van der Waals surface area contributed by atoms with Gasteiger partial charge in [0.05, 0.1) is 11.3 Å². The second kappa shape index (κ2) is 9.82. The van der Waals surface area contributed by atoms with Crippen LogP contribution in [-0.2, 0) is 11.3 Å². The van der Waals surface area contributed by atoms with Crippen LogP contribution in [0.3, 0.4) is 0 Å². The molecule has 9 heteroatoms. The second-order valence-electron chi connectivity index (χ2n) is 7.47. The molecule has 0 saturated carbocycles. The lowest BCUT2D eigenvalue weighted by Crippen LogP contribution is -2.49. The standard InChI is InChI=1S/C22H25FN4O2S2/c1-2-3-9-27-21(29)20-18(8-14-30-20)24-22(27)31-15-19(28)26-12-10-25(11-13-26)17-6-4-16(23)5-7-17/h4-8,14H,2-3,9-13,15H2,1H3. The van der Waals surface area contributed by atoms with Crippen molar-refractivity contribution in [2.75, 3.05) is 36.8 Å². The summed E-state index contributed by atoms with van der Waals surface area (Å²) in [6, 6.07) is 8.30. The SMILES string of the molecule is CCCCn1c(SCC(=O)N2CCN(c3ccc(F)cc3)CC2)nc2ccsc2c1=O. The molecule has 164 valence electrons. The molecule has 1 saturated heterocycles. The number of halogens is 1. The Labute approximate surface area is 188 Å². The first-order valence-corrected chi connectivity index (χ1v) is 12.3. The number of unbranched alkanes of at least 4 members (excludes halogenated alkanes) is 1. The molecule has 3 aromatic rings. The molecule has 0 N–H and O–H groups in total. The Kier molecular flexibility index (Phi) is 6.92. The van der Waals surface area contributed by atoms with Crippen LogP contribution in [0.1, 0.15) is 19.8 Å². The van der Waals surface area contributed by atoms with Crippen LogP contribution in [0.2, 0.25) is 0 Å². The van der Waals surface area contributed by atoms with E-state index in [1.807, 2.05) is 16.3 Å². The van der Waals surface area contributed by atoms with Crippen LogP contribution >= 0.6 is 23.1 Å². The molecule has 3 heterocycles. The number of thioether (sulfide) groups is 1. The molecule has 2 aromatic heterocycles. The highest BCUT2D eigenvalue weighted by Crippen LogP contribution is 2.22. The van der Waals surface area contributed by atoms with Crippen LogP contribution in [0.25, 0.3) is 10.2 Å². The zero-order valence-corrected chi connectivity index (χ0v) is 19.1. The quantitative estimate of drug-likeness (QED) is 0.396. The number of rotatable bonds is 7. The minimum atomic E-state index is -0.249. The van der Waals surface area contributed by atoms with Crippen LogP contribution < -0.4 is 10.5 Å². The minimum Gasteiger partial charge on any atom is -0.368 e. The summed E-state index contributed by atoms with van der Waals surface area (Å²) in [5.41, 5.74) is 1.65. The number of fused-ring (bicyclic) bond motifs is 1. The van der Waals surface area contributed by atoms with Crippen LogP contribution in [-0.4, -0.2) is 52.3 Å². The highest BCUT2D eigenvalue weighted by atomic mass is 32.2. The first-order valence-electron chi connectivity index (χ1n) is 10.5. The maximum absolute atomic E-state index is 13.1. The smallest absolute Gasteiger partial charge is 0.272 e.